The molecule has 1 aliphatic carbocycles. The van der Waals surface area contributed by atoms with E-state index >= 15 is 0 Å². The predicted molar refractivity (Wildman–Crippen MR) is 69.4 cm³/mol. The van der Waals surface area contributed by atoms with E-state index < -0.39 is 0 Å². The first-order valence-electron chi connectivity index (χ1n) is 6.17. The van der Waals surface area contributed by atoms with Gasteiger partial charge in [-0.3, -0.25) is 4.57 Å². The van der Waals surface area contributed by atoms with E-state index in [0.29, 0.717) is 11.3 Å². The SMILES string of the molecule is CNC1CCCCCC1Sc1n[nH]c(=O)n1C. The van der Waals surface area contributed by atoms with Crippen LogP contribution >= 0.6 is 11.8 Å². The third-order valence-corrected chi connectivity index (χ3v) is 4.86. The van der Waals surface area contributed by atoms with Crippen LogP contribution in [0.2, 0.25) is 0 Å². The summed E-state index contributed by atoms with van der Waals surface area (Å²) in [6, 6.07) is 0.523. The Morgan fingerprint density at radius 1 is 1.41 bits per heavy atom. The maximum atomic E-state index is 11.3. The average Bonchev–Trinajstić information content (AvgIpc) is 2.57. The van der Waals surface area contributed by atoms with Crippen LogP contribution in [0.25, 0.3) is 0 Å². The second kappa shape index (κ2) is 5.73. The maximum Gasteiger partial charge on any atom is 0.343 e. The van der Waals surface area contributed by atoms with Crippen molar-refractivity contribution in [3.63, 3.8) is 0 Å². The fraction of sp³-hybridized carbons (Fsp3) is 0.818. The fourth-order valence-electron chi connectivity index (χ4n) is 2.32. The molecule has 0 radical (unpaired) electrons. The fourth-order valence-corrected chi connectivity index (χ4v) is 3.65. The largest absolute Gasteiger partial charge is 0.343 e. The van der Waals surface area contributed by atoms with Crippen LogP contribution in [0.15, 0.2) is 9.95 Å². The molecule has 0 spiro atoms. The third kappa shape index (κ3) is 2.93. The molecule has 1 heterocycles. The summed E-state index contributed by atoms with van der Waals surface area (Å²) in [5.74, 6) is 0. The number of thioether (sulfide) groups is 1. The topological polar surface area (TPSA) is 62.7 Å². The van der Waals surface area contributed by atoms with Crippen LogP contribution in [0.1, 0.15) is 32.1 Å². The van der Waals surface area contributed by atoms with Crippen LogP contribution in [0.3, 0.4) is 0 Å². The van der Waals surface area contributed by atoms with Crippen LogP contribution in [-0.2, 0) is 7.05 Å². The highest BCUT2D eigenvalue weighted by Gasteiger charge is 2.25. The lowest BCUT2D eigenvalue weighted by molar-refractivity contribution is 0.509. The Kier molecular flexibility index (Phi) is 4.28. The molecule has 2 rings (SSSR count). The van der Waals surface area contributed by atoms with Crippen molar-refractivity contribution in [2.45, 2.75) is 48.6 Å². The van der Waals surface area contributed by atoms with E-state index in [-0.39, 0.29) is 5.69 Å². The summed E-state index contributed by atoms with van der Waals surface area (Å²) in [5.41, 5.74) is -0.137. The zero-order valence-electron chi connectivity index (χ0n) is 10.4. The molecular formula is C11H20N4OS. The Morgan fingerprint density at radius 2 is 2.18 bits per heavy atom. The van der Waals surface area contributed by atoms with E-state index in [2.05, 4.69) is 15.5 Å². The van der Waals surface area contributed by atoms with Crippen molar-refractivity contribution in [3.8, 4) is 0 Å². The standard InChI is InChI=1S/C11H20N4OS/c1-12-8-6-4-3-5-7-9(8)17-11-14-13-10(16)15(11)2/h8-9,12H,3-7H2,1-2H3,(H,13,16). The first kappa shape index (κ1) is 12.7. The Morgan fingerprint density at radius 3 is 2.82 bits per heavy atom. The van der Waals surface area contributed by atoms with Gasteiger partial charge in [-0.25, -0.2) is 9.89 Å². The van der Waals surface area contributed by atoms with Crippen LogP contribution < -0.4 is 11.0 Å². The van der Waals surface area contributed by atoms with Crippen molar-refractivity contribution in [2.24, 2.45) is 7.05 Å². The van der Waals surface area contributed by atoms with E-state index in [1.165, 1.54) is 32.1 Å². The lowest BCUT2D eigenvalue weighted by Crippen LogP contribution is -2.35. The minimum Gasteiger partial charge on any atom is -0.316 e. The molecule has 17 heavy (non-hydrogen) atoms. The van der Waals surface area contributed by atoms with E-state index in [1.54, 1.807) is 23.4 Å². The molecular weight excluding hydrogens is 236 g/mol. The first-order chi connectivity index (χ1) is 8.22. The van der Waals surface area contributed by atoms with Crippen molar-refractivity contribution in [1.29, 1.82) is 0 Å². The summed E-state index contributed by atoms with van der Waals surface area (Å²) in [5, 5.41) is 11.3. The number of rotatable bonds is 3. The monoisotopic (exact) mass is 256 g/mol. The number of H-pyrrole nitrogens is 1. The van der Waals surface area contributed by atoms with Gasteiger partial charge in [0.1, 0.15) is 0 Å². The van der Waals surface area contributed by atoms with Gasteiger partial charge in [0.05, 0.1) is 0 Å². The van der Waals surface area contributed by atoms with Gasteiger partial charge < -0.3 is 5.32 Å². The minimum absolute atomic E-state index is 0.137. The summed E-state index contributed by atoms with van der Waals surface area (Å²) in [7, 11) is 3.78. The normalized spacial score (nSPS) is 25.8. The summed E-state index contributed by atoms with van der Waals surface area (Å²) < 4.78 is 1.59. The van der Waals surface area contributed by atoms with E-state index in [4.69, 9.17) is 0 Å². The molecule has 6 heteroatoms. The molecule has 2 atom stereocenters. The Balaban J connectivity index is 2.09. The van der Waals surface area contributed by atoms with Crippen LogP contribution in [-0.4, -0.2) is 33.1 Å². The summed E-state index contributed by atoms with van der Waals surface area (Å²) in [6.45, 7) is 0. The molecule has 1 saturated carbocycles. The first-order valence-corrected chi connectivity index (χ1v) is 7.05. The number of hydrogen-bond donors (Lipinski definition) is 2. The van der Waals surface area contributed by atoms with Crippen molar-refractivity contribution < 1.29 is 0 Å². The molecule has 96 valence electrons. The van der Waals surface area contributed by atoms with Gasteiger partial charge in [-0.15, -0.1) is 5.10 Å². The summed E-state index contributed by atoms with van der Waals surface area (Å²) in [4.78, 5) is 11.3. The maximum absolute atomic E-state index is 11.3. The average molecular weight is 256 g/mol. The van der Waals surface area contributed by atoms with Gasteiger partial charge in [-0.2, -0.15) is 0 Å². The third-order valence-electron chi connectivity index (χ3n) is 3.42. The number of aromatic nitrogens is 3. The van der Waals surface area contributed by atoms with E-state index in [1.807, 2.05) is 7.05 Å². The highest BCUT2D eigenvalue weighted by molar-refractivity contribution is 7.99. The highest BCUT2D eigenvalue weighted by Crippen LogP contribution is 2.31. The summed E-state index contributed by atoms with van der Waals surface area (Å²) in [6.07, 6.45) is 6.29. The quantitative estimate of drug-likeness (QED) is 0.796. The van der Waals surface area contributed by atoms with Gasteiger partial charge >= 0.3 is 5.69 Å². The molecule has 0 amide bonds. The number of nitrogens with zero attached hydrogens (tertiary/aromatic N) is 2. The summed E-state index contributed by atoms with van der Waals surface area (Å²) >= 11 is 1.72. The van der Waals surface area contributed by atoms with Gasteiger partial charge in [-0.05, 0) is 19.9 Å². The smallest absolute Gasteiger partial charge is 0.316 e. The molecule has 2 unspecified atom stereocenters. The molecule has 5 nitrogen and oxygen atoms in total. The molecule has 0 aliphatic heterocycles. The highest BCUT2D eigenvalue weighted by atomic mass is 32.2. The van der Waals surface area contributed by atoms with Crippen molar-refractivity contribution >= 4 is 11.8 Å². The zero-order chi connectivity index (χ0) is 12.3. The predicted octanol–water partition coefficient (Wildman–Crippen LogP) is 1.12. The minimum atomic E-state index is -0.137. The van der Waals surface area contributed by atoms with E-state index in [9.17, 15) is 4.79 Å². The lowest BCUT2D eigenvalue weighted by Gasteiger charge is -2.23. The van der Waals surface area contributed by atoms with Crippen LogP contribution in [0.4, 0.5) is 0 Å². The van der Waals surface area contributed by atoms with Crippen LogP contribution in [0, 0.1) is 0 Å². The molecule has 1 aromatic heterocycles. The Hall–Kier alpha value is -0.750. The van der Waals surface area contributed by atoms with Crippen molar-refractivity contribution in [3.05, 3.63) is 10.5 Å². The van der Waals surface area contributed by atoms with Gasteiger partial charge in [0.25, 0.3) is 0 Å². The lowest BCUT2D eigenvalue weighted by atomic mass is 10.1. The molecule has 0 aromatic carbocycles. The van der Waals surface area contributed by atoms with Gasteiger partial charge in [-0.1, -0.05) is 31.0 Å². The van der Waals surface area contributed by atoms with E-state index in [0.717, 1.165) is 5.16 Å². The number of hydrogen-bond acceptors (Lipinski definition) is 4. The van der Waals surface area contributed by atoms with Gasteiger partial charge in [0, 0.05) is 18.3 Å². The zero-order valence-corrected chi connectivity index (χ0v) is 11.2. The van der Waals surface area contributed by atoms with Gasteiger partial charge in [0.2, 0.25) is 0 Å². The van der Waals surface area contributed by atoms with Crippen LogP contribution in [0.5, 0.6) is 0 Å². The molecule has 1 aromatic rings. The molecule has 1 fully saturated rings. The molecule has 0 saturated heterocycles. The molecule has 0 bridgehead atoms. The van der Waals surface area contributed by atoms with Crippen molar-refractivity contribution in [1.82, 2.24) is 20.1 Å². The molecule has 2 N–H and O–H groups in total. The Labute approximate surface area is 105 Å². The second-order valence-corrected chi connectivity index (χ2v) is 5.77. The van der Waals surface area contributed by atoms with Gasteiger partial charge in [0.15, 0.2) is 5.16 Å². The second-order valence-electron chi connectivity index (χ2n) is 4.56. The number of aromatic amines is 1. The molecule has 1 aliphatic rings. The Bertz CT molecular complexity index is 414. The number of nitrogens with one attached hydrogen (secondary N) is 2. The van der Waals surface area contributed by atoms with Crippen molar-refractivity contribution in [2.75, 3.05) is 7.05 Å².